The normalized spacial score (nSPS) is 14.9. The highest BCUT2D eigenvalue weighted by Gasteiger charge is 2.17. The van der Waals surface area contributed by atoms with E-state index in [0.29, 0.717) is 0 Å². The molecule has 8 heteroatoms. The van der Waals surface area contributed by atoms with Gasteiger partial charge in [-0.05, 0) is 13.8 Å². The first-order chi connectivity index (χ1) is 7.11. The van der Waals surface area contributed by atoms with Crippen LogP contribution in [0.1, 0.15) is 13.8 Å². The van der Waals surface area contributed by atoms with Crippen molar-refractivity contribution in [3.63, 3.8) is 0 Å². The third kappa shape index (κ3) is 7.04. The Morgan fingerprint density at radius 2 is 1.75 bits per heavy atom. The highest BCUT2D eigenvalue weighted by Crippen LogP contribution is 1.90. The molecule has 2 unspecified atom stereocenters. The summed E-state index contributed by atoms with van der Waals surface area (Å²) in [4.78, 5) is 21.6. The molecule has 0 aromatic heterocycles. The number of carbonyl (C=O) groups excluding carboxylic acids is 1. The van der Waals surface area contributed by atoms with Crippen molar-refractivity contribution in [2.24, 2.45) is 0 Å². The molecule has 0 aromatic carbocycles. The predicted molar refractivity (Wildman–Crippen MR) is 57.9 cm³/mol. The zero-order valence-electron chi connectivity index (χ0n) is 9.35. The Balaban J connectivity index is 4.11. The maximum absolute atomic E-state index is 11.2. The summed E-state index contributed by atoms with van der Waals surface area (Å²) in [6.45, 7) is 2.83. The fraction of sp³-hybridized carbons (Fsp3) is 0.750. The molecule has 0 fully saturated rings. The third-order valence-corrected chi connectivity index (χ3v) is 2.75. The fourth-order valence-corrected chi connectivity index (χ4v) is 2.01. The number of amides is 2. The summed E-state index contributed by atoms with van der Waals surface area (Å²) in [5.41, 5.74) is 0. The van der Waals surface area contributed by atoms with E-state index in [4.69, 9.17) is 5.11 Å². The first kappa shape index (κ1) is 14.7. The molecule has 0 aromatic rings. The van der Waals surface area contributed by atoms with Crippen molar-refractivity contribution in [3.8, 4) is 0 Å². The average molecular weight is 252 g/mol. The second-order valence-electron chi connectivity index (χ2n) is 3.67. The van der Waals surface area contributed by atoms with Crippen molar-refractivity contribution in [2.45, 2.75) is 25.9 Å². The number of sulfone groups is 1. The number of nitrogens with one attached hydrogen (secondary N) is 2. The number of carboxylic acids is 1. The van der Waals surface area contributed by atoms with Gasteiger partial charge in [-0.2, -0.15) is 0 Å². The number of hydrogen-bond donors (Lipinski definition) is 3. The van der Waals surface area contributed by atoms with Crippen molar-refractivity contribution >= 4 is 21.8 Å². The molecule has 0 heterocycles. The molecule has 0 aliphatic carbocycles. The number of aliphatic carboxylic acids is 1. The second kappa shape index (κ2) is 5.69. The lowest BCUT2D eigenvalue weighted by atomic mass is 10.3. The van der Waals surface area contributed by atoms with E-state index >= 15 is 0 Å². The minimum Gasteiger partial charge on any atom is -0.480 e. The Morgan fingerprint density at radius 1 is 1.25 bits per heavy atom. The van der Waals surface area contributed by atoms with E-state index in [1.54, 1.807) is 0 Å². The molecule has 0 bridgehead atoms. The van der Waals surface area contributed by atoms with Crippen LogP contribution in [0.25, 0.3) is 0 Å². The summed E-state index contributed by atoms with van der Waals surface area (Å²) in [7, 11) is -3.17. The Morgan fingerprint density at radius 3 is 2.12 bits per heavy atom. The number of rotatable bonds is 5. The van der Waals surface area contributed by atoms with E-state index in [-0.39, 0.29) is 5.75 Å². The van der Waals surface area contributed by atoms with Crippen molar-refractivity contribution in [1.29, 1.82) is 0 Å². The van der Waals surface area contributed by atoms with Crippen LogP contribution < -0.4 is 10.6 Å². The summed E-state index contributed by atoms with van der Waals surface area (Å²) in [6.07, 6.45) is 1.06. The molecular formula is C8H16N2O5S. The first-order valence-electron chi connectivity index (χ1n) is 4.59. The molecule has 0 aliphatic rings. The predicted octanol–water partition coefficient (Wildman–Crippen LogP) is -0.808. The highest BCUT2D eigenvalue weighted by atomic mass is 32.2. The molecule has 0 saturated heterocycles. The number of urea groups is 1. The Kier molecular flexibility index (Phi) is 5.22. The van der Waals surface area contributed by atoms with Crippen LogP contribution in [0.2, 0.25) is 0 Å². The van der Waals surface area contributed by atoms with E-state index in [0.717, 1.165) is 6.26 Å². The van der Waals surface area contributed by atoms with Gasteiger partial charge in [0.05, 0.1) is 5.75 Å². The van der Waals surface area contributed by atoms with Gasteiger partial charge in [0, 0.05) is 12.3 Å². The number of hydrogen-bond acceptors (Lipinski definition) is 4. The van der Waals surface area contributed by atoms with Gasteiger partial charge in [0.25, 0.3) is 0 Å². The quantitative estimate of drug-likeness (QED) is 0.592. The third-order valence-electron chi connectivity index (χ3n) is 1.65. The summed E-state index contributed by atoms with van der Waals surface area (Å²) < 4.78 is 21.8. The molecule has 0 spiro atoms. The maximum atomic E-state index is 11.2. The van der Waals surface area contributed by atoms with Crippen LogP contribution in [0, 0.1) is 0 Å². The van der Waals surface area contributed by atoms with Crippen molar-refractivity contribution in [1.82, 2.24) is 10.6 Å². The molecule has 94 valence electrons. The Hall–Kier alpha value is -1.31. The van der Waals surface area contributed by atoms with E-state index in [1.165, 1.54) is 13.8 Å². The summed E-state index contributed by atoms with van der Waals surface area (Å²) in [5.74, 6) is -1.35. The largest absolute Gasteiger partial charge is 0.480 e. The smallest absolute Gasteiger partial charge is 0.325 e. The molecule has 16 heavy (non-hydrogen) atoms. The van der Waals surface area contributed by atoms with Gasteiger partial charge >= 0.3 is 12.0 Å². The van der Waals surface area contributed by atoms with E-state index in [2.05, 4.69) is 10.6 Å². The number of carbonyl (C=O) groups is 2. The van der Waals surface area contributed by atoms with Crippen molar-refractivity contribution in [3.05, 3.63) is 0 Å². The highest BCUT2D eigenvalue weighted by molar-refractivity contribution is 7.90. The van der Waals surface area contributed by atoms with Crippen molar-refractivity contribution in [2.75, 3.05) is 12.0 Å². The minimum absolute atomic E-state index is 0.193. The maximum Gasteiger partial charge on any atom is 0.325 e. The molecule has 7 nitrogen and oxygen atoms in total. The molecular weight excluding hydrogens is 236 g/mol. The van der Waals surface area contributed by atoms with Gasteiger partial charge in [0.15, 0.2) is 0 Å². The second-order valence-corrected chi connectivity index (χ2v) is 5.86. The summed E-state index contributed by atoms with van der Waals surface area (Å²) in [6, 6.07) is -2.30. The van der Waals surface area contributed by atoms with Crippen LogP contribution in [0.15, 0.2) is 0 Å². The van der Waals surface area contributed by atoms with Crippen LogP contribution in [-0.4, -0.2) is 49.6 Å². The SMILES string of the molecule is CC(CS(C)(=O)=O)NC(=O)NC(C)C(=O)O. The van der Waals surface area contributed by atoms with E-state index in [1.807, 2.05) is 0 Å². The van der Waals surface area contributed by atoms with Gasteiger partial charge in [-0.15, -0.1) is 0 Å². The average Bonchev–Trinajstić information content (AvgIpc) is 1.98. The lowest BCUT2D eigenvalue weighted by Gasteiger charge is -2.15. The van der Waals surface area contributed by atoms with Gasteiger partial charge in [0.1, 0.15) is 15.9 Å². The van der Waals surface area contributed by atoms with Gasteiger partial charge < -0.3 is 15.7 Å². The van der Waals surface area contributed by atoms with Crippen molar-refractivity contribution < 1.29 is 23.1 Å². The minimum atomic E-state index is -3.17. The van der Waals surface area contributed by atoms with Gasteiger partial charge in [0.2, 0.25) is 0 Å². The number of carboxylic acid groups (broad SMARTS) is 1. The van der Waals surface area contributed by atoms with Gasteiger partial charge in [-0.3, -0.25) is 4.79 Å². The van der Waals surface area contributed by atoms with Crippen LogP contribution in [0.3, 0.4) is 0 Å². The van der Waals surface area contributed by atoms with Crippen LogP contribution in [0.4, 0.5) is 4.79 Å². The molecule has 2 amide bonds. The molecule has 0 rings (SSSR count). The van der Waals surface area contributed by atoms with Crippen LogP contribution >= 0.6 is 0 Å². The lowest BCUT2D eigenvalue weighted by molar-refractivity contribution is -0.138. The zero-order chi connectivity index (χ0) is 12.9. The molecule has 0 saturated carbocycles. The van der Waals surface area contributed by atoms with Gasteiger partial charge in [-0.25, -0.2) is 13.2 Å². The lowest BCUT2D eigenvalue weighted by Crippen LogP contribution is -2.48. The van der Waals surface area contributed by atoms with Gasteiger partial charge in [-0.1, -0.05) is 0 Å². The first-order valence-corrected chi connectivity index (χ1v) is 6.65. The topological polar surface area (TPSA) is 113 Å². The summed E-state index contributed by atoms with van der Waals surface area (Å²) >= 11 is 0. The Labute approximate surface area is 94.1 Å². The Bertz CT molecular complexity index is 365. The summed E-state index contributed by atoms with van der Waals surface area (Å²) in [5, 5.41) is 13.0. The molecule has 0 radical (unpaired) electrons. The molecule has 3 N–H and O–H groups in total. The molecule has 2 atom stereocenters. The fourth-order valence-electron chi connectivity index (χ4n) is 1.02. The van der Waals surface area contributed by atoms with Crippen LogP contribution in [0.5, 0.6) is 0 Å². The standard InChI is InChI=1S/C8H16N2O5S/c1-5(4-16(3,14)15)9-8(13)10-6(2)7(11)12/h5-6H,4H2,1-3H3,(H,11,12)(H2,9,10,13). The van der Waals surface area contributed by atoms with Crippen LogP contribution in [-0.2, 0) is 14.6 Å². The van der Waals surface area contributed by atoms with E-state index in [9.17, 15) is 18.0 Å². The van der Waals surface area contributed by atoms with E-state index < -0.39 is 33.9 Å². The monoisotopic (exact) mass is 252 g/mol. The molecule has 0 aliphatic heterocycles. The zero-order valence-corrected chi connectivity index (χ0v) is 10.2.